The maximum Gasteiger partial charge on any atom is 0.247 e. The lowest BCUT2D eigenvalue weighted by Gasteiger charge is -2.24. The number of imidazole rings is 1. The molecule has 0 bridgehead atoms. The van der Waals surface area contributed by atoms with Gasteiger partial charge < -0.3 is 28.6 Å². The molecule has 4 saturated heterocycles. The fourth-order valence-electron chi connectivity index (χ4n) is 8.14. The number of hydrogen-bond acceptors (Lipinski definition) is 8. The summed E-state index contributed by atoms with van der Waals surface area (Å²) in [4.78, 5) is 19.7. The molecule has 10 heteroatoms. The molecule has 2 aromatic carbocycles. The predicted molar refractivity (Wildman–Crippen MR) is 168 cm³/mol. The molecule has 5 fully saturated rings. The summed E-state index contributed by atoms with van der Waals surface area (Å²) in [6.07, 6.45) is 9.89. The highest BCUT2D eigenvalue weighted by Crippen LogP contribution is 2.48. The Morgan fingerprint density at radius 3 is 2.40 bits per heavy atom. The van der Waals surface area contributed by atoms with Gasteiger partial charge in [-0.2, -0.15) is 9.97 Å². The molecule has 5 aliphatic rings. The van der Waals surface area contributed by atoms with Crippen molar-refractivity contribution in [2.45, 2.75) is 19.4 Å². The van der Waals surface area contributed by atoms with Crippen LogP contribution < -0.4 is 9.64 Å². The van der Waals surface area contributed by atoms with E-state index in [-0.39, 0.29) is 11.0 Å². The normalized spacial score (nSPS) is 26.9. The number of fused-ring (bicyclic) bond motifs is 4. The monoisotopic (exact) mass is 608 g/mol. The average molecular weight is 609 g/mol. The standard InChI is InChI=1S/C35H37FN6O3/c1-2-28-29(36)7-6-22-4-3-5-23(30(22)28)12-42-21-37-31-32(42)38-34(41-13-26-17-44-18-27(26)14-41)39-33(31)45-20-35(8-9-35)19-40-10-24-15-43-16-25(24)11-40/h1,3-7,21,24-27H,8-20H2. The van der Waals surface area contributed by atoms with E-state index in [2.05, 4.69) is 15.7 Å². The van der Waals surface area contributed by atoms with Crippen LogP contribution in [0, 0.1) is 47.2 Å². The van der Waals surface area contributed by atoms with Crippen LogP contribution in [0.5, 0.6) is 5.88 Å². The summed E-state index contributed by atoms with van der Waals surface area (Å²) in [7, 11) is 0. The van der Waals surface area contributed by atoms with Crippen molar-refractivity contribution in [3.63, 3.8) is 0 Å². The molecular formula is C35H37FN6O3. The number of terminal acetylenes is 1. The minimum atomic E-state index is -0.392. The second-order valence-electron chi connectivity index (χ2n) is 14.0. The van der Waals surface area contributed by atoms with Crippen molar-refractivity contribution < 1.29 is 18.6 Å². The van der Waals surface area contributed by atoms with Crippen LogP contribution in [0.2, 0.25) is 0 Å². The van der Waals surface area contributed by atoms with Crippen molar-refractivity contribution in [3.8, 4) is 18.2 Å². The Morgan fingerprint density at radius 1 is 0.956 bits per heavy atom. The van der Waals surface area contributed by atoms with Crippen molar-refractivity contribution in [3.05, 3.63) is 53.6 Å². The summed E-state index contributed by atoms with van der Waals surface area (Å²) < 4.78 is 34.8. The Kier molecular flexibility index (Phi) is 6.51. The van der Waals surface area contributed by atoms with Crippen molar-refractivity contribution in [2.24, 2.45) is 29.1 Å². The molecule has 2 aromatic heterocycles. The van der Waals surface area contributed by atoms with E-state index in [1.165, 1.54) is 6.07 Å². The van der Waals surface area contributed by atoms with E-state index in [4.69, 9.17) is 35.6 Å². The molecule has 4 unspecified atom stereocenters. The van der Waals surface area contributed by atoms with Gasteiger partial charge in [-0.25, -0.2) is 9.37 Å². The van der Waals surface area contributed by atoms with E-state index in [1.54, 1.807) is 12.4 Å². The van der Waals surface area contributed by atoms with Crippen molar-refractivity contribution >= 4 is 27.9 Å². The van der Waals surface area contributed by atoms with Crippen LogP contribution in [0.4, 0.5) is 10.3 Å². The number of benzene rings is 2. The summed E-state index contributed by atoms with van der Waals surface area (Å²) >= 11 is 0. The third-order valence-electron chi connectivity index (χ3n) is 10.9. The van der Waals surface area contributed by atoms with Crippen molar-refractivity contribution in [2.75, 3.05) is 70.7 Å². The summed E-state index contributed by atoms with van der Waals surface area (Å²) in [5.74, 6) is 5.72. The van der Waals surface area contributed by atoms with Gasteiger partial charge in [0, 0.05) is 67.2 Å². The van der Waals surface area contributed by atoms with Gasteiger partial charge in [0.25, 0.3) is 0 Å². The first kappa shape index (κ1) is 27.5. The number of halogens is 1. The number of hydrogen-bond donors (Lipinski definition) is 0. The zero-order chi connectivity index (χ0) is 30.1. The molecule has 0 radical (unpaired) electrons. The SMILES string of the molecule is C#Cc1c(F)ccc2cccc(Cn3cnc4c(OCC5(CN6CC7COCC7C6)CC5)nc(N5CC6COCC6C5)nc43)c12. The number of ether oxygens (including phenoxy) is 3. The molecule has 9 nitrogen and oxygen atoms in total. The van der Waals surface area contributed by atoms with Crippen LogP contribution in [-0.4, -0.2) is 90.2 Å². The molecule has 232 valence electrons. The van der Waals surface area contributed by atoms with Gasteiger partial charge in [-0.05, 0) is 29.9 Å². The highest BCUT2D eigenvalue weighted by Gasteiger charge is 2.48. The third kappa shape index (κ3) is 4.84. The van der Waals surface area contributed by atoms with Gasteiger partial charge in [0.15, 0.2) is 11.2 Å². The molecule has 9 rings (SSSR count). The molecule has 4 aliphatic heterocycles. The van der Waals surface area contributed by atoms with Crippen LogP contribution >= 0.6 is 0 Å². The molecule has 6 heterocycles. The molecule has 0 N–H and O–H groups in total. The molecule has 4 aromatic rings. The fourth-order valence-corrected chi connectivity index (χ4v) is 8.14. The molecule has 0 amide bonds. The molecular weight excluding hydrogens is 571 g/mol. The van der Waals surface area contributed by atoms with E-state index >= 15 is 0 Å². The zero-order valence-corrected chi connectivity index (χ0v) is 25.3. The first-order valence-electron chi connectivity index (χ1n) is 16.2. The topological polar surface area (TPSA) is 77.8 Å². The van der Waals surface area contributed by atoms with Crippen LogP contribution in [0.3, 0.4) is 0 Å². The van der Waals surface area contributed by atoms with Crippen molar-refractivity contribution in [1.29, 1.82) is 0 Å². The Balaban J connectivity index is 1.04. The van der Waals surface area contributed by atoms with Gasteiger partial charge in [0.05, 0.1) is 51.5 Å². The maximum atomic E-state index is 14.8. The number of likely N-dealkylation sites (tertiary alicyclic amines) is 1. The fraction of sp³-hybridized carbons (Fsp3) is 0.514. The second-order valence-corrected chi connectivity index (χ2v) is 14.0. The molecule has 1 saturated carbocycles. The Morgan fingerprint density at radius 2 is 1.69 bits per heavy atom. The lowest BCUT2D eigenvalue weighted by atomic mass is 9.99. The molecule has 45 heavy (non-hydrogen) atoms. The minimum Gasteiger partial charge on any atom is -0.475 e. The number of anilines is 1. The largest absolute Gasteiger partial charge is 0.475 e. The van der Waals surface area contributed by atoms with Gasteiger partial charge in [-0.1, -0.05) is 30.2 Å². The number of nitrogens with zero attached hydrogens (tertiary/aromatic N) is 6. The molecule has 0 spiro atoms. The van der Waals surface area contributed by atoms with Gasteiger partial charge >= 0.3 is 0 Å². The van der Waals surface area contributed by atoms with E-state index < -0.39 is 5.82 Å². The zero-order valence-electron chi connectivity index (χ0n) is 25.3. The van der Waals surface area contributed by atoms with Gasteiger partial charge in [-0.15, -0.1) is 6.42 Å². The predicted octanol–water partition coefficient (Wildman–Crippen LogP) is 3.97. The number of rotatable bonds is 8. The van der Waals surface area contributed by atoms with E-state index in [0.717, 1.165) is 88.3 Å². The lowest BCUT2D eigenvalue weighted by molar-refractivity contribution is 0.133. The second kappa shape index (κ2) is 10.6. The van der Waals surface area contributed by atoms with E-state index in [9.17, 15) is 4.39 Å². The quantitative estimate of drug-likeness (QED) is 0.278. The summed E-state index contributed by atoms with van der Waals surface area (Å²) in [5.41, 5.74) is 2.69. The van der Waals surface area contributed by atoms with Gasteiger partial charge in [-0.3, -0.25) is 0 Å². The highest BCUT2D eigenvalue weighted by atomic mass is 19.1. The van der Waals surface area contributed by atoms with Crippen LogP contribution in [-0.2, 0) is 16.0 Å². The minimum absolute atomic E-state index is 0.153. The van der Waals surface area contributed by atoms with E-state index in [1.807, 2.05) is 22.8 Å². The van der Waals surface area contributed by atoms with Crippen LogP contribution in [0.1, 0.15) is 24.0 Å². The Labute approximate surface area is 261 Å². The first-order valence-corrected chi connectivity index (χ1v) is 16.2. The first-order chi connectivity index (χ1) is 22.1. The third-order valence-corrected chi connectivity index (χ3v) is 10.9. The van der Waals surface area contributed by atoms with E-state index in [0.29, 0.717) is 59.8 Å². The lowest BCUT2D eigenvalue weighted by Crippen LogP contribution is -2.33. The van der Waals surface area contributed by atoms with Crippen LogP contribution in [0.15, 0.2) is 36.7 Å². The maximum absolute atomic E-state index is 14.8. The molecule has 1 aliphatic carbocycles. The smallest absolute Gasteiger partial charge is 0.247 e. The summed E-state index contributed by atoms with van der Waals surface area (Å²) in [5, 5.41) is 1.65. The van der Waals surface area contributed by atoms with Crippen molar-refractivity contribution in [1.82, 2.24) is 24.4 Å². The Hall–Kier alpha value is -3.78. The average Bonchev–Trinajstić information content (AvgIpc) is 3.58. The number of aromatic nitrogens is 4. The van der Waals surface area contributed by atoms with Crippen LogP contribution in [0.25, 0.3) is 21.9 Å². The van der Waals surface area contributed by atoms with Gasteiger partial charge in [0.1, 0.15) is 5.82 Å². The Bertz CT molecular complexity index is 1810. The molecule has 4 atom stereocenters. The summed E-state index contributed by atoms with van der Waals surface area (Å²) in [6, 6.07) is 9.14. The highest BCUT2D eigenvalue weighted by molar-refractivity contribution is 5.91. The summed E-state index contributed by atoms with van der Waals surface area (Å²) in [6.45, 7) is 9.45. The van der Waals surface area contributed by atoms with Gasteiger partial charge in [0.2, 0.25) is 11.8 Å².